The van der Waals surface area contributed by atoms with Gasteiger partial charge in [-0.25, -0.2) is 8.78 Å². The standard InChI is InChI=1S/C12H14F2O2/c1-3-11(16-4-2)12(15)9-7-8(13)5-6-10(9)14/h5-7,11H,3-4H2,1-2H3. The van der Waals surface area contributed by atoms with E-state index >= 15 is 0 Å². The first kappa shape index (κ1) is 12.8. The van der Waals surface area contributed by atoms with Gasteiger partial charge in [0.05, 0.1) is 5.56 Å². The van der Waals surface area contributed by atoms with Crippen LogP contribution >= 0.6 is 0 Å². The number of Topliss-reactive ketones (excluding diaryl/α,β-unsaturated/α-hetero) is 1. The molecule has 16 heavy (non-hydrogen) atoms. The van der Waals surface area contributed by atoms with E-state index < -0.39 is 23.5 Å². The first-order valence-corrected chi connectivity index (χ1v) is 5.21. The molecular weight excluding hydrogens is 214 g/mol. The van der Waals surface area contributed by atoms with Gasteiger partial charge in [-0.2, -0.15) is 0 Å². The number of carbonyl (C=O) groups is 1. The van der Waals surface area contributed by atoms with Gasteiger partial charge in [-0.3, -0.25) is 4.79 Å². The van der Waals surface area contributed by atoms with Gasteiger partial charge in [0.2, 0.25) is 0 Å². The fourth-order valence-corrected chi connectivity index (χ4v) is 1.44. The third-order valence-electron chi connectivity index (χ3n) is 2.22. The van der Waals surface area contributed by atoms with E-state index in [1.54, 1.807) is 13.8 Å². The summed E-state index contributed by atoms with van der Waals surface area (Å²) in [5, 5.41) is 0. The summed E-state index contributed by atoms with van der Waals surface area (Å²) in [5.74, 6) is -1.86. The van der Waals surface area contributed by atoms with Crippen LogP contribution < -0.4 is 0 Å². The molecule has 0 spiro atoms. The lowest BCUT2D eigenvalue weighted by Crippen LogP contribution is -2.24. The van der Waals surface area contributed by atoms with Gasteiger partial charge in [0, 0.05) is 6.61 Å². The number of ketones is 1. The van der Waals surface area contributed by atoms with Crippen molar-refractivity contribution in [3.05, 3.63) is 35.4 Å². The number of halogens is 2. The average molecular weight is 228 g/mol. The normalized spacial score (nSPS) is 12.5. The number of hydrogen-bond donors (Lipinski definition) is 0. The maximum atomic E-state index is 13.3. The molecule has 0 aliphatic heterocycles. The van der Waals surface area contributed by atoms with E-state index in [2.05, 4.69) is 0 Å². The molecule has 88 valence electrons. The Labute approximate surface area is 93.2 Å². The summed E-state index contributed by atoms with van der Waals surface area (Å²) in [6.07, 6.45) is -0.274. The topological polar surface area (TPSA) is 26.3 Å². The number of rotatable bonds is 5. The zero-order chi connectivity index (χ0) is 12.1. The van der Waals surface area contributed by atoms with Crippen molar-refractivity contribution in [3.63, 3.8) is 0 Å². The van der Waals surface area contributed by atoms with Gasteiger partial charge in [0.25, 0.3) is 0 Å². The number of hydrogen-bond acceptors (Lipinski definition) is 2. The summed E-state index contributed by atoms with van der Waals surface area (Å²) in [5.41, 5.74) is -0.250. The van der Waals surface area contributed by atoms with E-state index in [4.69, 9.17) is 4.74 Å². The average Bonchev–Trinajstić information content (AvgIpc) is 2.28. The molecule has 0 saturated carbocycles. The SMILES string of the molecule is CCOC(CC)C(=O)c1cc(F)ccc1F. The highest BCUT2D eigenvalue weighted by molar-refractivity contribution is 5.99. The van der Waals surface area contributed by atoms with E-state index in [9.17, 15) is 13.6 Å². The van der Waals surface area contributed by atoms with Crippen LogP contribution in [0, 0.1) is 11.6 Å². The predicted octanol–water partition coefficient (Wildman–Crippen LogP) is 2.96. The maximum Gasteiger partial charge on any atom is 0.194 e. The number of ether oxygens (including phenoxy) is 1. The molecule has 0 aliphatic rings. The summed E-state index contributed by atoms with van der Waals surface area (Å²) in [6, 6.07) is 2.83. The lowest BCUT2D eigenvalue weighted by atomic mass is 10.0. The highest BCUT2D eigenvalue weighted by Gasteiger charge is 2.21. The fourth-order valence-electron chi connectivity index (χ4n) is 1.44. The van der Waals surface area contributed by atoms with Crippen molar-refractivity contribution < 1.29 is 18.3 Å². The van der Waals surface area contributed by atoms with Gasteiger partial charge < -0.3 is 4.74 Å². The van der Waals surface area contributed by atoms with Crippen molar-refractivity contribution in [1.29, 1.82) is 0 Å². The molecule has 0 aromatic heterocycles. The van der Waals surface area contributed by atoms with Gasteiger partial charge in [0.1, 0.15) is 17.7 Å². The van der Waals surface area contributed by atoms with E-state index in [1.807, 2.05) is 0 Å². The number of carbonyl (C=O) groups excluding carboxylic acids is 1. The molecule has 0 amide bonds. The summed E-state index contributed by atoms with van der Waals surface area (Å²) in [4.78, 5) is 11.8. The van der Waals surface area contributed by atoms with Gasteiger partial charge in [-0.15, -0.1) is 0 Å². The van der Waals surface area contributed by atoms with E-state index in [-0.39, 0.29) is 5.56 Å². The summed E-state index contributed by atoms with van der Waals surface area (Å²) >= 11 is 0. The zero-order valence-electron chi connectivity index (χ0n) is 9.30. The second-order valence-corrected chi connectivity index (χ2v) is 3.34. The van der Waals surface area contributed by atoms with E-state index in [0.29, 0.717) is 13.0 Å². The minimum Gasteiger partial charge on any atom is -0.370 e. The zero-order valence-corrected chi connectivity index (χ0v) is 9.30. The van der Waals surface area contributed by atoms with Crippen molar-refractivity contribution in [1.82, 2.24) is 0 Å². The fraction of sp³-hybridized carbons (Fsp3) is 0.417. The van der Waals surface area contributed by atoms with E-state index in [1.165, 1.54) is 0 Å². The van der Waals surface area contributed by atoms with Crippen molar-refractivity contribution >= 4 is 5.78 Å². The molecule has 0 radical (unpaired) electrons. The molecular formula is C12H14F2O2. The van der Waals surface area contributed by atoms with Crippen molar-refractivity contribution in [3.8, 4) is 0 Å². The molecule has 0 N–H and O–H groups in total. The minimum absolute atomic E-state index is 0.250. The molecule has 1 rings (SSSR count). The predicted molar refractivity (Wildman–Crippen MR) is 56.4 cm³/mol. The van der Waals surface area contributed by atoms with Crippen LogP contribution in [0.2, 0.25) is 0 Å². The molecule has 0 aliphatic carbocycles. The van der Waals surface area contributed by atoms with Crippen LogP contribution in [0.3, 0.4) is 0 Å². The van der Waals surface area contributed by atoms with Crippen LogP contribution in [-0.2, 0) is 4.74 Å². The molecule has 2 nitrogen and oxygen atoms in total. The number of benzene rings is 1. The van der Waals surface area contributed by atoms with Gasteiger partial charge >= 0.3 is 0 Å². The molecule has 1 unspecified atom stereocenters. The summed E-state index contributed by atoms with van der Waals surface area (Å²) in [6.45, 7) is 3.87. The molecule has 1 aromatic carbocycles. The Morgan fingerprint density at radius 1 is 1.38 bits per heavy atom. The van der Waals surface area contributed by atoms with Gasteiger partial charge in [0.15, 0.2) is 5.78 Å². The Morgan fingerprint density at radius 2 is 2.06 bits per heavy atom. The molecule has 0 fully saturated rings. The van der Waals surface area contributed by atoms with Crippen molar-refractivity contribution in [2.45, 2.75) is 26.4 Å². The van der Waals surface area contributed by atoms with Crippen LogP contribution in [-0.4, -0.2) is 18.5 Å². The van der Waals surface area contributed by atoms with Crippen LogP contribution in [0.5, 0.6) is 0 Å². The minimum atomic E-state index is -0.718. The highest BCUT2D eigenvalue weighted by atomic mass is 19.1. The maximum absolute atomic E-state index is 13.3. The van der Waals surface area contributed by atoms with Gasteiger partial charge in [-0.05, 0) is 31.5 Å². The Morgan fingerprint density at radius 3 is 2.62 bits per heavy atom. The lowest BCUT2D eigenvalue weighted by molar-refractivity contribution is 0.0440. The molecule has 0 saturated heterocycles. The molecule has 1 aromatic rings. The highest BCUT2D eigenvalue weighted by Crippen LogP contribution is 2.15. The van der Waals surface area contributed by atoms with Crippen molar-refractivity contribution in [2.75, 3.05) is 6.61 Å². The molecule has 0 bridgehead atoms. The Kier molecular flexibility index (Phi) is 4.55. The van der Waals surface area contributed by atoms with E-state index in [0.717, 1.165) is 18.2 Å². The molecule has 0 heterocycles. The van der Waals surface area contributed by atoms with Crippen LogP contribution in [0.4, 0.5) is 8.78 Å². The van der Waals surface area contributed by atoms with Crippen molar-refractivity contribution in [2.24, 2.45) is 0 Å². The lowest BCUT2D eigenvalue weighted by Gasteiger charge is -2.14. The Balaban J connectivity index is 2.98. The first-order valence-electron chi connectivity index (χ1n) is 5.21. The largest absolute Gasteiger partial charge is 0.370 e. The Hall–Kier alpha value is -1.29. The van der Waals surface area contributed by atoms with Crippen LogP contribution in [0.15, 0.2) is 18.2 Å². The summed E-state index contributed by atoms with van der Waals surface area (Å²) in [7, 11) is 0. The second kappa shape index (κ2) is 5.70. The smallest absolute Gasteiger partial charge is 0.194 e. The Bertz CT molecular complexity index is 377. The van der Waals surface area contributed by atoms with Crippen LogP contribution in [0.1, 0.15) is 30.6 Å². The molecule has 1 atom stereocenters. The second-order valence-electron chi connectivity index (χ2n) is 3.34. The van der Waals surface area contributed by atoms with Crippen LogP contribution in [0.25, 0.3) is 0 Å². The van der Waals surface area contributed by atoms with Gasteiger partial charge in [-0.1, -0.05) is 6.92 Å². The third-order valence-corrected chi connectivity index (χ3v) is 2.22. The quantitative estimate of drug-likeness (QED) is 0.724. The first-order chi connectivity index (χ1) is 7.60. The molecule has 4 heteroatoms. The third kappa shape index (κ3) is 2.85. The monoisotopic (exact) mass is 228 g/mol. The summed E-state index contributed by atoms with van der Waals surface area (Å²) < 4.78 is 31.4.